The number of hydrogen-bond donors (Lipinski definition) is 1. The molecule has 0 aliphatic heterocycles. The van der Waals surface area contributed by atoms with Gasteiger partial charge < -0.3 is 14.6 Å². The number of carbonyl (C=O) groups is 1. The highest BCUT2D eigenvalue weighted by atomic mass is 35.5. The Morgan fingerprint density at radius 3 is 2.64 bits per heavy atom. The Morgan fingerprint density at radius 2 is 2.03 bits per heavy atom. The third-order valence-corrected chi connectivity index (χ3v) is 7.01. The fourth-order valence-electron chi connectivity index (χ4n) is 5.00. The number of fused-ring (bicyclic) bond motifs is 1. The molecule has 1 fully saturated rings. The molecule has 4 rings (SSSR count). The number of hydrogen-bond acceptors (Lipinski definition) is 4. The molecule has 1 saturated carbocycles. The summed E-state index contributed by atoms with van der Waals surface area (Å²) in [6.45, 7) is 5.99. The van der Waals surface area contributed by atoms with Gasteiger partial charge in [0.2, 0.25) is 0 Å². The van der Waals surface area contributed by atoms with Crippen LogP contribution < -0.4 is 15.6 Å². The third kappa shape index (κ3) is 4.87. The molecule has 2 aromatic heterocycles. The SMILES string of the molecule is C#CC1(NC(=O)c2c(OC(C)C)c3c(=O)n(Cc4cccc(Cl)c4)c(CC)nc3n2C)CCCCC1. The number of halogens is 1. The topological polar surface area (TPSA) is 78.2 Å². The normalized spacial score (nSPS) is 15.1. The monoisotopic (exact) mass is 508 g/mol. The molecule has 36 heavy (non-hydrogen) atoms. The first-order chi connectivity index (χ1) is 17.2. The maximum absolute atomic E-state index is 13.9. The molecular weight excluding hydrogens is 476 g/mol. The first-order valence-corrected chi connectivity index (χ1v) is 12.9. The van der Waals surface area contributed by atoms with Crippen molar-refractivity contribution < 1.29 is 9.53 Å². The van der Waals surface area contributed by atoms with E-state index in [1.807, 2.05) is 39.0 Å². The van der Waals surface area contributed by atoms with Gasteiger partial charge in [0.1, 0.15) is 16.7 Å². The van der Waals surface area contributed by atoms with Crippen molar-refractivity contribution in [1.29, 1.82) is 0 Å². The Balaban J connectivity index is 1.89. The lowest BCUT2D eigenvalue weighted by atomic mass is 9.82. The van der Waals surface area contributed by atoms with E-state index < -0.39 is 5.54 Å². The van der Waals surface area contributed by atoms with Gasteiger partial charge in [-0.3, -0.25) is 14.2 Å². The maximum atomic E-state index is 13.9. The quantitative estimate of drug-likeness (QED) is 0.463. The molecule has 0 atom stereocenters. The van der Waals surface area contributed by atoms with Gasteiger partial charge in [-0.1, -0.05) is 55.8 Å². The number of aromatic nitrogens is 3. The average Bonchev–Trinajstić information content (AvgIpc) is 3.12. The summed E-state index contributed by atoms with van der Waals surface area (Å²) in [5, 5.41) is 3.98. The van der Waals surface area contributed by atoms with Crippen LogP contribution in [0.4, 0.5) is 0 Å². The van der Waals surface area contributed by atoms with Crippen molar-refractivity contribution in [2.45, 2.75) is 77.5 Å². The van der Waals surface area contributed by atoms with E-state index in [0.717, 1.165) is 37.7 Å². The van der Waals surface area contributed by atoms with Crippen LogP contribution in [0.15, 0.2) is 29.1 Å². The summed E-state index contributed by atoms with van der Waals surface area (Å²) in [7, 11) is 1.74. The molecule has 0 radical (unpaired) electrons. The van der Waals surface area contributed by atoms with Gasteiger partial charge in [-0.15, -0.1) is 6.42 Å². The fourth-order valence-corrected chi connectivity index (χ4v) is 5.21. The Hall–Kier alpha value is -3.24. The highest BCUT2D eigenvalue weighted by molar-refractivity contribution is 6.30. The van der Waals surface area contributed by atoms with Gasteiger partial charge >= 0.3 is 0 Å². The second kappa shape index (κ2) is 10.4. The van der Waals surface area contributed by atoms with Crippen molar-refractivity contribution in [3.8, 4) is 18.1 Å². The van der Waals surface area contributed by atoms with Crippen LogP contribution in [0.25, 0.3) is 11.0 Å². The number of carbonyl (C=O) groups excluding carboxylic acids is 1. The molecule has 0 bridgehead atoms. The molecule has 2 heterocycles. The number of rotatable bonds is 7. The van der Waals surface area contributed by atoms with Crippen molar-refractivity contribution in [3.05, 3.63) is 56.7 Å². The summed E-state index contributed by atoms with van der Waals surface area (Å²) < 4.78 is 9.41. The van der Waals surface area contributed by atoms with Crippen molar-refractivity contribution in [2.75, 3.05) is 0 Å². The molecule has 190 valence electrons. The molecule has 0 saturated heterocycles. The number of nitrogens with one attached hydrogen (secondary N) is 1. The molecule has 1 N–H and O–H groups in total. The van der Waals surface area contributed by atoms with Crippen molar-refractivity contribution in [2.24, 2.45) is 7.05 Å². The molecule has 1 aliphatic carbocycles. The van der Waals surface area contributed by atoms with E-state index in [0.29, 0.717) is 29.5 Å². The van der Waals surface area contributed by atoms with Gasteiger partial charge in [0.05, 0.1) is 12.6 Å². The van der Waals surface area contributed by atoms with Crippen molar-refractivity contribution >= 4 is 28.5 Å². The van der Waals surface area contributed by atoms with E-state index in [-0.39, 0.29) is 34.4 Å². The second-order valence-corrected chi connectivity index (χ2v) is 10.2. The third-order valence-electron chi connectivity index (χ3n) is 6.78. The molecule has 0 spiro atoms. The van der Waals surface area contributed by atoms with E-state index in [4.69, 9.17) is 27.7 Å². The average molecular weight is 509 g/mol. The Kier molecular flexibility index (Phi) is 7.46. The van der Waals surface area contributed by atoms with Gasteiger partial charge in [-0.2, -0.15) is 0 Å². The van der Waals surface area contributed by atoms with E-state index >= 15 is 0 Å². The van der Waals surface area contributed by atoms with Gasteiger partial charge in [0.15, 0.2) is 17.1 Å². The first kappa shape index (κ1) is 25.8. The van der Waals surface area contributed by atoms with Crippen LogP contribution in [0.2, 0.25) is 5.02 Å². The van der Waals surface area contributed by atoms with Gasteiger partial charge in [-0.05, 0) is 44.4 Å². The zero-order chi connectivity index (χ0) is 26.0. The predicted molar refractivity (Wildman–Crippen MR) is 143 cm³/mol. The fraction of sp³-hybridized carbons (Fsp3) is 0.464. The number of terminal acetylenes is 1. The molecule has 7 nitrogen and oxygen atoms in total. The lowest BCUT2D eigenvalue weighted by Crippen LogP contribution is -2.49. The van der Waals surface area contributed by atoms with Crippen LogP contribution in [0.1, 0.15) is 74.8 Å². The van der Waals surface area contributed by atoms with Gasteiger partial charge in [0, 0.05) is 18.5 Å². The molecule has 8 heteroatoms. The lowest BCUT2D eigenvalue weighted by molar-refractivity contribution is 0.0889. The lowest BCUT2D eigenvalue weighted by Gasteiger charge is -2.33. The number of ether oxygens (including phenoxy) is 1. The number of amides is 1. The Labute approximate surface area is 216 Å². The maximum Gasteiger partial charge on any atom is 0.273 e. The summed E-state index contributed by atoms with van der Waals surface area (Å²) in [6, 6.07) is 7.39. The highest BCUT2D eigenvalue weighted by Crippen LogP contribution is 2.33. The van der Waals surface area contributed by atoms with Crippen LogP contribution >= 0.6 is 11.6 Å². The second-order valence-electron chi connectivity index (χ2n) is 9.75. The largest absolute Gasteiger partial charge is 0.488 e. The van der Waals surface area contributed by atoms with Crippen molar-refractivity contribution in [3.63, 3.8) is 0 Å². The smallest absolute Gasteiger partial charge is 0.273 e. The molecule has 3 aromatic rings. The minimum absolute atomic E-state index is 0.239. The van der Waals surface area contributed by atoms with Gasteiger partial charge in [0.25, 0.3) is 11.5 Å². The summed E-state index contributed by atoms with van der Waals surface area (Å²) in [4.78, 5) is 32.4. The number of aryl methyl sites for hydroxylation is 2. The van der Waals surface area contributed by atoms with Crippen LogP contribution in [0, 0.1) is 12.3 Å². The zero-order valence-electron chi connectivity index (χ0n) is 21.4. The zero-order valence-corrected chi connectivity index (χ0v) is 22.1. The summed E-state index contributed by atoms with van der Waals surface area (Å²) in [6.07, 6.45) is 10.6. The minimum atomic E-state index is -0.699. The van der Waals surface area contributed by atoms with E-state index in [1.165, 1.54) is 0 Å². The van der Waals surface area contributed by atoms with Crippen molar-refractivity contribution in [1.82, 2.24) is 19.4 Å². The number of nitrogens with zero attached hydrogens (tertiary/aromatic N) is 3. The van der Waals surface area contributed by atoms with Gasteiger partial charge in [-0.25, -0.2) is 4.98 Å². The molecule has 0 unspecified atom stereocenters. The first-order valence-electron chi connectivity index (χ1n) is 12.5. The van der Waals surface area contributed by atoms with E-state index in [2.05, 4.69) is 11.2 Å². The molecule has 1 aromatic carbocycles. The van der Waals surface area contributed by atoms with Crippen LogP contribution in [-0.2, 0) is 20.0 Å². The number of benzene rings is 1. The summed E-state index contributed by atoms with van der Waals surface area (Å²) >= 11 is 6.18. The summed E-state index contributed by atoms with van der Waals surface area (Å²) in [5.41, 5.74) is 0.597. The molecule has 1 aliphatic rings. The van der Waals surface area contributed by atoms with Crippen LogP contribution in [-0.4, -0.2) is 31.7 Å². The van der Waals surface area contributed by atoms with Crippen LogP contribution in [0.5, 0.6) is 5.75 Å². The Bertz CT molecular complexity index is 1390. The van der Waals surface area contributed by atoms with E-state index in [1.54, 1.807) is 22.2 Å². The van der Waals surface area contributed by atoms with E-state index in [9.17, 15) is 9.59 Å². The highest BCUT2D eigenvalue weighted by Gasteiger charge is 2.35. The molecule has 1 amide bonds. The predicted octanol–water partition coefficient (Wildman–Crippen LogP) is 4.85. The Morgan fingerprint density at radius 1 is 1.31 bits per heavy atom. The summed E-state index contributed by atoms with van der Waals surface area (Å²) in [5.74, 6) is 3.32. The van der Waals surface area contributed by atoms with Crippen LogP contribution in [0.3, 0.4) is 0 Å². The minimum Gasteiger partial charge on any atom is -0.488 e. The molecular formula is C28H33ClN4O3. The standard InChI is InChI=1S/C28H33ClN4O3/c1-6-21-30-25-22(27(35)33(21)17-19-12-11-13-20(29)16-19)24(36-18(3)4)23(32(25)5)26(34)31-28(7-2)14-9-8-10-15-28/h2,11-13,16,18H,6,8-10,14-15,17H2,1,3-5H3,(H,31,34).